The molecule has 1 aromatic carbocycles. The number of nitrogens with one attached hydrogen (secondary N) is 1. The average molecular weight is 510 g/mol. The molecule has 4 rings (SSSR count). The van der Waals surface area contributed by atoms with E-state index in [-0.39, 0.29) is 29.4 Å². The van der Waals surface area contributed by atoms with Gasteiger partial charge in [0, 0.05) is 24.1 Å². The van der Waals surface area contributed by atoms with E-state index in [2.05, 4.69) is 10.4 Å². The number of ether oxygens (including phenoxy) is 2. The van der Waals surface area contributed by atoms with Gasteiger partial charge in [0.15, 0.2) is 21.4 Å². The summed E-state index contributed by atoms with van der Waals surface area (Å²) >= 11 is 0. The summed E-state index contributed by atoms with van der Waals surface area (Å²) in [5.41, 5.74) is 0.631. The normalized spacial score (nSPS) is 26.7. The van der Waals surface area contributed by atoms with Crippen LogP contribution in [0, 0.1) is 5.92 Å². The number of alkyl halides is 2. The second-order valence-corrected chi connectivity index (χ2v) is 11.5. The van der Waals surface area contributed by atoms with Crippen LogP contribution in [-0.2, 0) is 30.7 Å². The summed E-state index contributed by atoms with van der Waals surface area (Å²) in [7, 11) is -3.42. The quantitative estimate of drug-likeness (QED) is 0.573. The van der Waals surface area contributed by atoms with Crippen molar-refractivity contribution in [3.63, 3.8) is 0 Å². The molecule has 1 saturated carbocycles. The molecule has 1 amide bonds. The molecule has 1 aromatic heterocycles. The lowest BCUT2D eigenvalue weighted by Gasteiger charge is -2.16. The highest BCUT2D eigenvalue weighted by molar-refractivity contribution is 7.90. The van der Waals surface area contributed by atoms with Crippen LogP contribution in [0.3, 0.4) is 0 Å². The summed E-state index contributed by atoms with van der Waals surface area (Å²) in [5.74, 6) is -1.33. The third-order valence-electron chi connectivity index (χ3n) is 6.03. The lowest BCUT2D eigenvalue weighted by molar-refractivity contribution is -0.139. The first kappa shape index (κ1) is 25.5. The molecule has 8 nitrogen and oxygen atoms in total. The molecule has 2 fully saturated rings. The van der Waals surface area contributed by atoms with Crippen LogP contribution in [0.4, 0.5) is 14.6 Å². The first-order chi connectivity index (χ1) is 16.4. The Balaban J connectivity index is 1.52. The standard InChI is InChI=1S/C24H29F2N3O5S/c1-24(2)33-14-17(34-24)13-29-9-8-22(28-29)27-23(30)19(10-15-11-20(25)21(26)12-15)16-4-6-18(7-5-16)35(3,31)32/h4-10,15,17,20-21H,11-14H2,1-3H3,(H,27,28,30)/b19-10+/t15-,17-,20+,21-/m0/s1. The molecule has 2 aliphatic rings. The SMILES string of the molecule is CC1(C)OC[C@H](Cn2ccc(NC(=O)/C(=C/[C@H]3C[C@@H](F)[C@@H](F)C3)c3ccc(S(C)(=O)=O)cc3)n2)O1. The lowest BCUT2D eigenvalue weighted by Crippen LogP contribution is -2.24. The topological polar surface area (TPSA) is 99.5 Å². The Kier molecular flexibility index (Phi) is 7.12. The monoisotopic (exact) mass is 509 g/mol. The van der Waals surface area contributed by atoms with Gasteiger partial charge in [0.25, 0.3) is 5.91 Å². The van der Waals surface area contributed by atoms with Crippen molar-refractivity contribution < 1.29 is 31.5 Å². The van der Waals surface area contributed by atoms with Crippen molar-refractivity contribution in [2.45, 2.75) is 62.4 Å². The maximum absolute atomic E-state index is 13.8. The number of hydrogen-bond donors (Lipinski definition) is 1. The van der Waals surface area contributed by atoms with E-state index < -0.39 is 39.8 Å². The van der Waals surface area contributed by atoms with Gasteiger partial charge in [-0.05, 0) is 50.3 Å². The Morgan fingerprint density at radius 3 is 2.43 bits per heavy atom. The van der Waals surface area contributed by atoms with E-state index in [4.69, 9.17) is 9.47 Å². The molecular weight excluding hydrogens is 480 g/mol. The van der Waals surface area contributed by atoms with Crippen molar-refractivity contribution >= 4 is 27.1 Å². The molecule has 4 atom stereocenters. The van der Waals surface area contributed by atoms with E-state index in [1.54, 1.807) is 23.0 Å². The van der Waals surface area contributed by atoms with Gasteiger partial charge in [-0.1, -0.05) is 18.2 Å². The van der Waals surface area contributed by atoms with Gasteiger partial charge in [0.2, 0.25) is 0 Å². The third-order valence-corrected chi connectivity index (χ3v) is 7.16. The Labute approximate surface area is 203 Å². The molecule has 2 heterocycles. The highest BCUT2D eigenvalue weighted by Gasteiger charge is 2.34. The van der Waals surface area contributed by atoms with Gasteiger partial charge in [-0.25, -0.2) is 17.2 Å². The molecule has 0 bridgehead atoms. The Morgan fingerprint density at radius 1 is 1.20 bits per heavy atom. The van der Waals surface area contributed by atoms with E-state index >= 15 is 0 Å². The van der Waals surface area contributed by atoms with E-state index in [0.29, 0.717) is 24.5 Å². The molecule has 190 valence electrons. The summed E-state index contributed by atoms with van der Waals surface area (Å²) < 4.78 is 64.1. The molecule has 1 aliphatic carbocycles. The third kappa shape index (κ3) is 6.33. The Bertz CT molecular complexity index is 1200. The number of anilines is 1. The van der Waals surface area contributed by atoms with Gasteiger partial charge in [0.1, 0.15) is 18.4 Å². The minimum absolute atomic E-state index is 0.0200. The van der Waals surface area contributed by atoms with E-state index in [0.717, 1.165) is 6.26 Å². The zero-order valence-corrected chi connectivity index (χ0v) is 20.6. The summed E-state index contributed by atoms with van der Waals surface area (Å²) in [6, 6.07) is 7.45. The molecule has 1 aliphatic heterocycles. The first-order valence-electron chi connectivity index (χ1n) is 11.4. The molecule has 0 unspecified atom stereocenters. The minimum atomic E-state index is -3.42. The van der Waals surface area contributed by atoms with Gasteiger partial charge in [-0.3, -0.25) is 9.48 Å². The fourth-order valence-electron chi connectivity index (χ4n) is 4.30. The fourth-order valence-corrected chi connectivity index (χ4v) is 4.93. The Morgan fingerprint density at radius 2 is 1.86 bits per heavy atom. The van der Waals surface area contributed by atoms with Crippen molar-refractivity contribution in [1.29, 1.82) is 0 Å². The molecular formula is C24H29F2N3O5S. The first-order valence-corrected chi connectivity index (χ1v) is 13.3. The molecule has 0 radical (unpaired) electrons. The predicted molar refractivity (Wildman–Crippen MR) is 126 cm³/mol. The smallest absolute Gasteiger partial charge is 0.257 e. The van der Waals surface area contributed by atoms with Crippen molar-refractivity contribution in [2.75, 3.05) is 18.2 Å². The molecule has 0 spiro atoms. The largest absolute Gasteiger partial charge is 0.348 e. The molecule has 35 heavy (non-hydrogen) atoms. The van der Waals surface area contributed by atoms with Crippen LogP contribution in [0.1, 0.15) is 32.3 Å². The van der Waals surface area contributed by atoms with Crippen LogP contribution in [0.5, 0.6) is 0 Å². The summed E-state index contributed by atoms with van der Waals surface area (Å²) in [5, 5.41) is 7.09. The van der Waals surface area contributed by atoms with Crippen molar-refractivity contribution in [1.82, 2.24) is 9.78 Å². The number of rotatable bonds is 7. The van der Waals surface area contributed by atoms with Gasteiger partial charge < -0.3 is 14.8 Å². The fraction of sp³-hybridized carbons (Fsp3) is 0.500. The number of carbonyl (C=O) groups excluding carboxylic acids is 1. The molecule has 2 aromatic rings. The van der Waals surface area contributed by atoms with Gasteiger partial charge in [-0.15, -0.1) is 0 Å². The highest BCUT2D eigenvalue weighted by atomic mass is 32.2. The molecule has 11 heteroatoms. The van der Waals surface area contributed by atoms with Gasteiger partial charge in [-0.2, -0.15) is 5.10 Å². The number of aromatic nitrogens is 2. The number of benzene rings is 1. The maximum Gasteiger partial charge on any atom is 0.257 e. The number of amides is 1. The maximum atomic E-state index is 13.8. The Hall–Kier alpha value is -2.63. The van der Waals surface area contributed by atoms with Gasteiger partial charge in [0.05, 0.1) is 18.0 Å². The van der Waals surface area contributed by atoms with Crippen molar-refractivity contribution in [3.8, 4) is 0 Å². The summed E-state index contributed by atoms with van der Waals surface area (Å²) in [4.78, 5) is 13.3. The van der Waals surface area contributed by atoms with Crippen LogP contribution >= 0.6 is 0 Å². The average Bonchev–Trinajstić information content (AvgIpc) is 3.44. The number of halogens is 2. The van der Waals surface area contributed by atoms with Crippen LogP contribution < -0.4 is 5.32 Å². The van der Waals surface area contributed by atoms with Crippen molar-refractivity contribution in [2.24, 2.45) is 5.92 Å². The highest BCUT2D eigenvalue weighted by Crippen LogP contribution is 2.34. The number of sulfone groups is 1. The predicted octanol–water partition coefficient (Wildman–Crippen LogP) is 3.55. The van der Waals surface area contributed by atoms with Crippen LogP contribution in [0.15, 0.2) is 47.5 Å². The molecule has 1 N–H and O–H groups in total. The molecule has 1 saturated heterocycles. The van der Waals surface area contributed by atoms with Crippen LogP contribution in [-0.4, -0.2) is 61.2 Å². The number of hydrogen-bond acceptors (Lipinski definition) is 6. The second-order valence-electron chi connectivity index (χ2n) is 9.47. The summed E-state index contributed by atoms with van der Waals surface area (Å²) in [6.45, 7) is 4.53. The van der Waals surface area contributed by atoms with Gasteiger partial charge >= 0.3 is 0 Å². The van der Waals surface area contributed by atoms with E-state index in [1.165, 1.54) is 24.3 Å². The van der Waals surface area contributed by atoms with Crippen LogP contribution in [0.2, 0.25) is 0 Å². The number of allylic oxidation sites excluding steroid dienone is 1. The van der Waals surface area contributed by atoms with E-state index in [9.17, 15) is 22.0 Å². The second kappa shape index (κ2) is 9.79. The zero-order valence-electron chi connectivity index (χ0n) is 19.8. The number of carbonyl (C=O) groups is 1. The minimum Gasteiger partial charge on any atom is -0.348 e. The van der Waals surface area contributed by atoms with Crippen molar-refractivity contribution in [3.05, 3.63) is 48.2 Å². The van der Waals surface area contributed by atoms with Crippen LogP contribution in [0.25, 0.3) is 5.57 Å². The zero-order chi connectivity index (χ0) is 25.4. The van der Waals surface area contributed by atoms with E-state index in [1.807, 2.05) is 13.8 Å². The summed E-state index contributed by atoms with van der Waals surface area (Å²) in [6.07, 6.45) is 0.981. The number of nitrogens with zero attached hydrogens (tertiary/aromatic N) is 2. The lowest BCUT2D eigenvalue weighted by atomic mass is 9.98.